The molecule has 26 heavy (non-hydrogen) atoms. The number of nitrogens with zero attached hydrogens (tertiary/aromatic N) is 4. The molecule has 2 N–H and O–H groups in total. The first-order valence-electron chi connectivity index (χ1n) is 8.46. The molecule has 0 spiro atoms. The third-order valence-electron chi connectivity index (χ3n) is 4.15. The molecular formula is C19H22N6O. The van der Waals surface area contributed by atoms with Crippen molar-refractivity contribution in [3.05, 3.63) is 65.5 Å². The largest absolute Gasteiger partial charge is 0.368 e. The van der Waals surface area contributed by atoms with E-state index in [4.69, 9.17) is 0 Å². The number of anilines is 1. The number of carbonyl (C=O) groups excluding carboxylic acids is 1. The van der Waals surface area contributed by atoms with Crippen molar-refractivity contribution < 1.29 is 4.79 Å². The average Bonchev–Trinajstić information content (AvgIpc) is 2.98. The van der Waals surface area contributed by atoms with E-state index in [1.165, 1.54) is 6.33 Å². The molecule has 3 aromatic rings. The average molecular weight is 350 g/mol. The van der Waals surface area contributed by atoms with Crippen LogP contribution in [0.25, 0.3) is 5.82 Å². The minimum absolute atomic E-state index is 0.0802. The second kappa shape index (κ2) is 7.77. The fourth-order valence-corrected chi connectivity index (χ4v) is 2.56. The van der Waals surface area contributed by atoms with Gasteiger partial charge in [0.15, 0.2) is 0 Å². The Labute approximate surface area is 152 Å². The highest BCUT2D eigenvalue weighted by Gasteiger charge is 2.07. The molecule has 2 aromatic heterocycles. The Morgan fingerprint density at radius 2 is 1.92 bits per heavy atom. The molecule has 0 saturated heterocycles. The molecule has 0 atom stereocenters. The molecule has 1 aromatic carbocycles. The van der Waals surface area contributed by atoms with Crippen LogP contribution in [0.1, 0.15) is 27.3 Å². The van der Waals surface area contributed by atoms with Crippen molar-refractivity contribution >= 4 is 11.7 Å². The van der Waals surface area contributed by atoms with E-state index in [0.717, 1.165) is 22.8 Å². The monoisotopic (exact) mass is 350 g/mol. The Morgan fingerprint density at radius 1 is 1.08 bits per heavy atom. The lowest BCUT2D eigenvalue weighted by atomic mass is 10.1. The van der Waals surface area contributed by atoms with Gasteiger partial charge in [0, 0.05) is 30.4 Å². The van der Waals surface area contributed by atoms with Crippen molar-refractivity contribution in [3.8, 4) is 5.82 Å². The first kappa shape index (κ1) is 17.6. The van der Waals surface area contributed by atoms with Crippen molar-refractivity contribution in [2.24, 2.45) is 0 Å². The van der Waals surface area contributed by atoms with Gasteiger partial charge in [-0.2, -0.15) is 0 Å². The van der Waals surface area contributed by atoms with Gasteiger partial charge in [0.2, 0.25) is 0 Å². The van der Waals surface area contributed by atoms with E-state index in [2.05, 4.69) is 25.6 Å². The number of rotatable bonds is 6. The summed E-state index contributed by atoms with van der Waals surface area (Å²) in [5.74, 6) is 1.37. The van der Waals surface area contributed by atoms with Crippen LogP contribution >= 0.6 is 0 Å². The van der Waals surface area contributed by atoms with Gasteiger partial charge in [0.1, 0.15) is 24.3 Å². The van der Waals surface area contributed by atoms with E-state index in [0.29, 0.717) is 24.5 Å². The molecule has 0 aliphatic rings. The van der Waals surface area contributed by atoms with Gasteiger partial charge in [-0.1, -0.05) is 17.7 Å². The van der Waals surface area contributed by atoms with Crippen molar-refractivity contribution in [1.82, 2.24) is 24.8 Å². The minimum atomic E-state index is -0.0802. The number of aryl methyl sites for hydroxylation is 2. The summed E-state index contributed by atoms with van der Waals surface area (Å²) in [7, 11) is 0. The molecule has 0 fully saturated rings. The molecular weight excluding hydrogens is 328 g/mol. The Kier molecular flexibility index (Phi) is 5.26. The van der Waals surface area contributed by atoms with Crippen molar-refractivity contribution in [3.63, 3.8) is 0 Å². The summed E-state index contributed by atoms with van der Waals surface area (Å²) in [4.78, 5) is 24.9. The lowest BCUT2D eigenvalue weighted by Gasteiger charge is -2.09. The smallest absolute Gasteiger partial charge is 0.251 e. The molecule has 7 nitrogen and oxygen atoms in total. The van der Waals surface area contributed by atoms with Crippen LogP contribution in [0.15, 0.2) is 43.0 Å². The van der Waals surface area contributed by atoms with Crippen LogP contribution in [0.5, 0.6) is 0 Å². The molecule has 0 saturated carbocycles. The summed E-state index contributed by atoms with van der Waals surface area (Å²) < 4.78 is 1.92. The highest BCUT2D eigenvalue weighted by Crippen LogP contribution is 2.13. The van der Waals surface area contributed by atoms with Crippen LogP contribution in [0.4, 0.5) is 5.82 Å². The van der Waals surface area contributed by atoms with Crippen molar-refractivity contribution in [1.29, 1.82) is 0 Å². The van der Waals surface area contributed by atoms with E-state index in [1.807, 2.05) is 55.7 Å². The topological polar surface area (TPSA) is 84.7 Å². The fourth-order valence-electron chi connectivity index (χ4n) is 2.56. The van der Waals surface area contributed by atoms with Crippen LogP contribution in [0.3, 0.4) is 0 Å². The van der Waals surface area contributed by atoms with E-state index in [1.54, 1.807) is 6.33 Å². The summed E-state index contributed by atoms with van der Waals surface area (Å²) in [6.07, 6.45) is 3.26. The summed E-state index contributed by atoms with van der Waals surface area (Å²) in [5.41, 5.74) is 3.74. The van der Waals surface area contributed by atoms with Crippen LogP contribution in [0.2, 0.25) is 0 Å². The molecule has 0 aliphatic heterocycles. The number of aromatic nitrogens is 4. The van der Waals surface area contributed by atoms with Gasteiger partial charge in [-0.15, -0.1) is 0 Å². The van der Waals surface area contributed by atoms with Gasteiger partial charge in [-0.3, -0.25) is 9.36 Å². The number of hydrogen-bond donors (Lipinski definition) is 2. The Hall–Kier alpha value is -3.22. The fraction of sp³-hybridized carbons (Fsp3) is 0.263. The second-order valence-electron chi connectivity index (χ2n) is 6.10. The summed E-state index contributed by atoms with van der Waals surface area (Å²) >= 11 is 0. The Morgan fingerprint density at radius 3 is 2.65 bits per heavy atom. The normalized spacial score (nSPS) is 10.6. The minimum Gasteiger partial charge on any atom is -0.368 e. The highest BCUT2D eigenvalue weighted by atomic mass is 16.1. The third kappa shape index (κ3) is 4.05. The molecule has 0 bridgehead atoms. The van der Waals surface area contributed by atoms with Crippen LogP contribution in [-0.2, 0) is 0 Å². The first-order valence-corrected chi connectivity index (χ1v) is 8.46. The quantitative estimate of drug-likeness (QED) is 0.667. The van der Waals surface area contributed by atoms with Crippen molar-refractivity contribution in [2.75, 3.05) is 18.4 Å². The lowest BCUT2D eigenvalue weighted by Crippen LogP contribution is -2.28. The van der Waals surface area contributed by atoms with E-state index in [-0.39, 0.29) is 5.91 Å². The summed E-state index contributed by atoms with van der Waals surface area (Å²) in [5, 5.41) is 6.09. The molecule has 1 amide bonds. The molecule has 2 heterocycles. The predicted molar refractivity (Wildman–Crippen MR) is 101 cm³/mol. The zero-order chi connectivity index (χ0) is 18.5. The molecule has 0 radical (unpaired) electrons. The zero-order valence-electron chi connectivity index (χ0n) is 15.2. The summed E-state index contributed by atoms with van der Waals surface area (Å²) in [6.45, 7) is 6.99. The van der Waals surface area contributed by atoms with Gasteiger partial charge in [0.05, 0.1) is 5.69 Å². The molecule has 0 aliphatic carbocycles. The van der Waals surface area contributed by atoms with E-state index >= 15 is 0 Å². The molecule has 134 valence electrons. The van der Waals surface area contributed by atoms with Crippen LogP contribution in [-0.4, -0.2) is 38.5 Å². The van der Waals surface area contributed by atoms with Gasteiger partial charge < -0.3 is 10.6 Å². The van der Waals surface area contributed by atoms with Crippen molar-refractivity contribution in [2.45, 2.75) is 20.8 Å². The summed E-state index contributed by atoms with van der Waals surface area (Å²) in [6, 6.07) is 9.38. The number of nitrogens with one attached hydrogen (secondary N) is 2. The predicted octanol–water partition coefficient (Wildman–Crippen LogP) is 2.43. The van der Waals surface area contributed by atoms with Gasteiger partial charge in [-0.05, 0) is 32.9 Å². The lowest BCUT2D eigenvalue weighted by molar-refractivity contribution is 0.0955. The third-order valence-corrected chi connectivity index (χ3v) is 4.15. The maximum absolute atomic E-state index is 12.1. The first-order chi connectivity index (χ1) is 12.5. The standard InChI is InChI=1S/C19H22N6O/c1-13-5-4-6-16(9-13)19(26)21-8-7-20-17-10-18(23-11-22-17)25-12-24-14(2)15(25)3/h4-6,9-12H,7-8H2,1-3H3,(H,21,26)(H,20,22,23). The Balaban J connectivity index is 1.55. The number of amides is 1. The maximum Gasteiger partial charge on any atom is 0.251 e. The Bertz CT molecular complexity index is 918. The molecule has 7 heteroatoms. The second-order valence-corrected chi connectivity index (χ2v) is 6.10. The van der Waals surface area contributed by atoms with E-state index < -0.39 is 0 Å². The van der Waals surface area contributed by atoms with Crippen LogP contribution in [0, 0.1) is 20.8 Å². The van der Waals surface area contributed by atoms with Crippen LogP contribution < -0.4 is 10.6 Å². The highest BCUT2D eigenvalue weighted by molar-refractivity contribution is 5.94. The van der Waals surface area contributed by atoms with Gasteiger partial charge in [-0.25, -0.2) is 15.0 Å². The zero-order valence-corrected chi connectivity index (χ0v) is 15.2. The number of imidazole rings is 1. The van der Waals surface area contributed by atoms with E-state index in [9.17, 15) is 4.79 Å². The molecule has 0 unspecified atom stereocenters. The number of carbonyl (C=O) groups is 1. The van der Waals surface area contributed by atoms with Gasteiger partial charge in [0.25, 0.3) is 5.91 Å². The van der Waals surface area contributed by atoms with Gasteiger partial charge >= 0.3 is 0 Å². The molecule has 3 rings (SSSR count). The number of benzene rings is 1. The maximum atomic E-state index is 12.1. The number of hydrogen-bond acceptors (Lipinski definition) is 5. The SMILES string of the molecule is Cc1cccc(C(=O)NCCNc2cc(-n3cnc(C)c3C)ncn2)c1.